The van der Waals surface area contributed by atoms with E-state index in [0.717, 1.165) is 10.2 Å². The smallest absolute Gasteiger partial charge is 0.130 e. The molecule has 1 aromatic carbocycles. The van der Waals surface area contributed by atoms with Gasteiger partial charge in [0.05, 0.1) is 23.8 Å². The molecule has 1 heterocycles. The summed E-state index contributed by atoms with van der Waals surface area (Å²) in [7, 11) is 0. The minimum absolute atomic E-state index is 0.0987. The summed E-state index contributed by atoms with van der Waals surface area (Å²) in [5, 5.41) is 13.4. The zero-order valence-electron chi connectivity index (χ0n) is 10.0. The van der Waals surface area contributed by atoms with E-state index in [1.807, 2.05) is 25.1 Å². The molecule has 1 aliphatic heterocycles. The molecule has 2 unspecified atom stereocenters. The van der Waals surface area contributed by atoms with Crippen LogP contribution in [0.2, 0.25) is 5.02 Å². The molecule has 5 heteroatoms. The van der Waals surface area contributed by atoms with Crippen molar-refractivity contribution >= 4 is 33.2 Å². The van der Waals surface area contributed by atoms with E-state index in [1.54, 1.807) is 0 Å². The van der Waals surface area contributed by atoms with Gasteiger partial charge in [-0.2, -0.15) is 5.26 Å². The monoisotopic (exact) mass is 328 g/mol. The van der Waals surface area contributed by atoms with Gasteiger partial charge in [0.15, 0.2) is 0 Å². The van der Waals surface area contributed by atoms with E-state index in [-0.39, 0.29) is 6.10 Å². The second kappa shape index (κ2) is 5.48. The van der Waals surface area contributed by atoms with E-state index >= 15 is 0 Å². The molecule has 0 radical (unpaired) electrons. The van der Waals surface area contributed by atoms with Crippen molar-refractivity contribution in [2.24, 2.45) is 0 Å². The summed E-state index contributed by atoms with van der Waals surface area (Å²) >= 11 is 9.34. The van der Waals surface area contributed by atoms with E-state index in [4.69, 9.17) is 16.3 Å². The molecule has 0 bridgehead atoms. The second-order valence-corrected chi connectivity index (χ2v) is 5.84. The maximum Gasteiger partial charge on any atom is 0.130 e. The number of nitrogens with zero attached hydrogens (tertiary/aromatic N) is 1. The minimum atomic E-state index is -0.551. The van der Waals surface area contributed by atoms with Crippen LogP contribution in [0.4, 0.5) is 5.69 Å². The van der Waals surface area contributed by atoms with Gasteiger partial charge < -0.3 is 10.1 Å². The molecule has 2 atom stereocenters. The summed E-state index contributed by atoms with van der Waals surface area (Å²) in [4.78, 5) is 0. The number of nitriles is 1. The Kier molecular flexibility index (Phi) is 4.16. The van der Waals surface area contributed by atoms with E-state index in [0.29, 0.717) is 24.5 Å². The molecule has 0 aromatic heterocycles. The molecule has 0 spiro atoms. The van der Waals surface area contributed by atoms with Crippen molar-refractivity contribution in [2.75, 3.05) is 11.9 Å². The summed E-state index contributed by atoms with van der Waals surface area (Å²) in [6.07, 6.45) is 1.47. The molecule has 1 N–H and O–H groups in total. The van der Waals surface area contributed by atoms with Gasteiger partial charge in [0.2, 0.25) is 0 Å². The standard InChI is InChI=1S/C13H14BrClN2O/c1-9-7-13(8-16,4-5-18-9)17-10-2-3-12(15)11(14)6-10/h2-3,6,9,17H,4-5,7H2,1H3. The molecule has 0 aliphatic carbocycles. The van der Waals surface area contributed by atoms with Crippen molar-refractivity contribution < 1.29 is 4.74 Å². The van der Waals surface area contributed by atoms with E-state index < -0.39 is 5.54 Å². The molecule has 2 rings (SSSR count). The Morgan fingerprint density at radius 1 is 1.61 bits per heavy atom. The highest BCUT2D eigenvalue weighted by atomic mass is 79.9. The van der Waals surface area contributed by atoms with Gasteiger partial charge in [-0.3, -0.25) is 0 Å². The molecular formula is C13H14BrClN2O. The SMILES string of the molecule is CC1CC(C#N)(Nc2ccc(Cl)c(Br)c2)CCO1. The largest absolute Gasteiger partial charge is 0.378 e. The topological polar surface area (TPSA) is 45.0 Å². The first-order chi connectivity index (χ1) is 8.54. The van der Waals surface area contributed by atoms with Crippen molar-refractivity contribution in [3.8, 4) is 6.07 Å². The van der Waals surface area contributed by atoms with E-state index in [1.165, 1.54) is 0 Å². The van der Waals surface area contributed by atoms with Gasteiger partial charge in [-0.1, -0.05) is 11.6 Å². The summed E-state index contributed by atoms with van der Waals surface area (Å²) in [6, 6.07) is 7.97. The van der Waals surface area contributed by atoms with Crippen LogP contribution in [0.5, 0.6) is 0 Å². The molecule has 0 saturated carbocycles. The number of hydrogen-bond donors (Lipinski definition) is 1. The first-order valence-corrected chi connectivity index (χ1v) is 6.98. The Bertz CT molecular complexity index is 488. The first kappa shape index (κ1) is 13.7. The Morgan fingerprint density at radius 2 is 2.39 bits per heavy atom. The summed E-state index contributed by atoms with van der Waals surface area (Å²) in [6.45, 7) is 2.60. The van der Waals surface area contributed by atoms with Crippen molar-refractivity contribution in [1.29, 1.82) is 5.26 Å². The molecule has 0 amide bonds. The average Bonchev–Trinajstić information content (AvgIpc) is 2.34. The fourth-order valence-electron chi connectivity index (χ4n) is 2.18. The van der Waals surface area contributed by atoms with Crippen molar-refractivity contribution in [3.05, 3.63) is 27.7 Å². The summed E-state index contributed by atoms with van der Waals surface area (Å²) < 4.78 is 6.32. The summed E-state index contributed by atoms with van der Waals surface area (Å²) in [5.74, 6) is 0. The lowest BCUT2D eigenvalue weighted by molar-refractivity contribution is 0.0103. The molecule has 1 saturated heterocycles. The van der Waals surface area contributed by atoms with Gasteiger partial charge in [-0.25, -0.2) is 0 Å². The van der Waals surface area contributed by atoms with Crippen LogP contribution < -0.4 is 5.32 Å². The Labute approximate surface area is 120 Å². The van der Waals surface area contributed by atoms with Crippen molar-refractivity contribution in [1.82, 2.24) is 0 Å². The minimum Gasteiger partial charge on any atom is -0.378 e. The third-order valence-corrected chi connectivity index (χ3v) is 4.30. The van der Waals surface area contributed by atoms with E-state index in [9.17, 15) is 5.26 Å². The Hall–Kier alpha value is -0.760. The number of benzene rings is 1. The van der Waals surface area contributed by atoms with Gasteiger partial charge in [0.1, 0.15) is 5.54 Å². The quantitative estimate of drug-likeness (QED) is 0.892. The molecule has 18 heavy (non-hydrogen) atoms. The van der Waals surface area contributed by atoms with Crippen LogP contribution in [0.25, 0.3) is 0 Å². The predicted molar refractivity (Wildman–Crippen MR) is 75.8 cm³/mol. The third kappa shape index (κ3) is 2.97. The Morgan fingerprint density at radius 3 is 3.00 bits per heavy atom. The lowest BCUT2D eigenvalue weighted by atomic mass is 9.88. The number of halogens is 2. The zero-order valence-corrected chi connectivity index (χ0v) is 12.4. The molecule has 1 aliphatic rings. The molecule has 1 aromatic rings. The highest BCUT2D eigenvalue weighted by Crippen LogP contribution is 2.31. The van der Waals surface area contributed by atoms with Crippen LogP contribution in [0.3, 0.4) is 0 Å². The van der Waals surface area contributed by atoms with Crippen LogP contribution in [0, 0.1) is 11.3 Å². The average molecular weight is 330 g/mol. The fourth-order valence-corrected chi connectivity index (χ4v) is 2.68. The lowest BCUT2D eigenvalue weighted by Gasteiger charge is -2.35. The van der Waals surface area contributed by atoms with Crippen molar-refractivity contribution in [2.45, 2.75) is 31.4 Å². The van der Waals surface area contributed by atoms with Crippen LogP contribution in [-0.4, -0.2) is 18.2 Å². The first-order valence-electron chi connectivity index (χ1n) is 5.81. The van der Waals surface area contributed by atoms with Gasteiger partial charge >= 0.3 is 0 Å². The highest BCUT2D eigenvalue weighted by Gasteiger charge is 2.35. The molecule has 96 valence electrons. The third-order valence-electron chi connectivity index (χ3n) is 3.08. The van der Waals surface area contributed by atoms with Gasteiger partial charge in [-0.05, 0) is 41.1 Å². The number of nitrogens with one attached hydrogen (secondary N) is 1. The predicted octanol–water partition coefficient (Wildman–Crippen LogP) is 3.98. The van der Waals surface area contributed by atoms with Gasteiger partial charge in [0, 0.05) is 23.0 Å². The van der Waals surface area contributed by atoms with Crippen LogP contribution in [0.1, 0.15) is 19.8 Å². The zero-order chi connectivity index (χ0) is 13.2. The molecular weight excluding hydrogens is 316 g/mol. The number of rotatable bonds is 2. The lowest BCUT2D eigenvalue weighted by Crippen LogP contribution is -2.45. The number of hydrogen-bond acceptors (Lipinski definition) is 3. The maximum atomic E-state index is 9.44. The second-order valence-electron chi connectivity index (χ2n) is 4.58. The van der Waals surface area contributed by atoms with Gasteiger partial charge in [-0.15, -0.1) is 0 Å². The van der Waals surface area contributed by atoms with Crippen LogP contribution in [0.15, 0.2) is 22.7 Å². The number of ether oxygens (including phenoxy) is 1. The molecule has 3 nitrogen and oxygen atoms in total. The van der Waals surface area contributed by atoms with E-state index in [2.05, 4.69) is 27.3 Å². The van der Waals surface area contributed by atoms with Crippen molar-refractivity contribution in [3.63, 3.8) is 0 Å². The van der Waals surface area contributed by atoms with Crippen LogP contribution in [-0.2, 0) is 4.74 Å². The summed E-state index contributed by atoms with van der Waals surface area (Å²) in [5.41, 5.74) is 0.340. The fraction of sp³-hybridized carbons (Fsp3) is 0.462. The highest BCUT2D eigenvalue weighted by molar-refractivity contribution is 9.10. The molecule has 1 fully saturated rings. The Balaban J connectivity index is 2.20. The maximum absolute atomic E-state index is 9.44. The van der Waals surface area contributed by atoms with Gasteiger partial charge in [0.25, 0.3) is 0 Å². The van der Waals surface area contributed by atoms with Crippen LogP contribution >= 0.6 is 27.5 Å². The normalized spacial score (nSPS) is 27.6. The number of anilines is 1.